The first-order valence-electron chi connectivity index (χ1n) is 8.65. The van der Waals surface area contributed by atoms with Crippen LogP contribution in [0.25, 0.3) is 10.8 Å². The molecule has 0 spiro atoms. The zero-order valence-corrected chi connectivity index (χ0v) is 13.5. The van der Waals surface area contributed by atoms with E-state index in [4.69, 9.17) is 4.74 Å². The van der Waals surface area contributed by atoms with Gasteiger partial charge in [0.2, 0.25) is 0 Å². The van der Waals surface area contributed by atoms with E-state index in [1.54, 1.807) is 0 Å². The Morgan fingerprint density at radius 1 is 1.13 bits per heavy atom. The van der Waals surface area contributed by atoms with Gasteiger partial charge in [-0.25, -0.2) is 0 Å². The van der Waals surface area contributed by atoms with Gasteiger partial charge in [0, 0.05) is 6.04 Å². The van der Waals surface area contributed by atoms with Crippen LogP contribution in [0.5, 0.6) is 5.75 Å². The number of carbonyl (C=O) groups is 1. The van der Waals surface area contributed by atoms with Crippen LogP contribution in [0.15, 0.2) is 42.5 Å². The summed E-state index contributed by atoms with van der Waals surface area (Å²) >= 11 is 0. The fourth-order valence-corrected chi connectivity index (χ4v) is 4.22. The molecule has 2 aliphatic rings. The molecular weight excluding hydrogens is 286 g/mol. The minimum absolute atomic E-state index is 0.00992. The molecule has 2 saturated carbocycles. The molecule has 120 valence electrons. The number of amides is 1. The van der Waals surface area contributed by atoms with Gasteiger partial charge in [-0.2, -0.15) is 0 Å². The van der Waals surface area contributed by atoms with Gasteiger partial charge >= 0.3 is 0 Å². The highest BCUT2D eigenvalue weighted by molar-refractivity contribution is 5.84. The van der Waals surface area contributed by atoms with Gasteiger partial charge in [-0.15, -0.1) is 0 Å². The maximum Gasteiger partial charge on any atom is 0.261 e. The van der Waals surface area contributed by atoms with Crippen LogP contribution in [-0.2, 0) is 4.79 Å². The molecule has 3 nitrogen and oxygen atoms in total. The van der Waals surface area contributed by atoms with Gasteiger partial charge in [0.1, 0.15) is 5.75 Å². The largest absolute Gasteiger partial charge is 0.481 e. The van der Waals surface area contributed by atoms with Gasteiger partial charge in [-0.05, 0) is 60.9 Å². The van der Waals surface area contributed by atoms with Crippen molar-refractivity contribution < 1.29 is 9.53 Å². The van der Waals surface area contributed by atoms with E-state index in [0.717, 1.165) is 23.5 Å². The topological polar surface area (TPSA) is 38.3 Å². The monoisotopic (exact) mass is 309 g/mol. The molecule has 1 N–H and O–H groups in total. The fourth-order valence-electron chi connectivity index (χ4n) is 4.22. The molecule has 0 aliphatic heterocycles. The number of rotatable bonds is 4. The summed E-state index contributed by atoms with van der Waals surface area (Å²) in [5.41, 5.74) is 0. The summed E-state index contributed by atoms with van der Waals surface area (Å²) in [5.74, 6) is 2.29. The van der Waals surface area contributed by atoms with Gasteiger partial charge in [-0.3, -0.25) is 4.79 Å². The molecule has 2 aromatic carbocycles. The van der Waals surface area contributed by atoms with Crippen LogP contribution in [0.4, 0.5) is 0 Å². The van der Waals surface area contributed by atoms with Crippen molar-refractivity contribution in [3.63, 3.8) is 0 Å². The van der Waals surface area contributed by atoms with Crippen LogP contribution in [0, 0.1) is 11.8 Å². The number of hydrogen-bond acceptors (Lipinski definition) is 2. The quantitative estimate of drug-likeness (QED) is 0.930. The lowest BCUT2D eigenvalue weighted by molar-refractivity contribution is -0.128. The van der Waals surface area contributed by atoms with Crippen LogP contribution in [0.3, 0.4) is 0 Å². The highest BCUT2D eigenvalue weighted by Crippen LogP contribution is 2.44. The SMILES string of the molecule is C[C@@H](Oc1ccc2ccccc2c1)C(=O)N[C@@H]1C[C@H]2CC[C@H]1C2. The van der Waals surface area contributed by atoms with E-state index in [1.807, 2.05) is 37.3 Å². The van der Waals surface area contributed by atoms with Crippen molar-refractivity contribution in [2.24, 2.45) is 11.8 Å². The van der Waals surface area contributed by atoms with E-state index in [-0.39, 0.29) is 5.91 Å². The number of benzene rings is 2. The van der Waals surface area contributed by atoms with E-state index >= 15 is 0 Å². The van der Waals surface area contributed by atoms with Crippen molar-refractivity contribution in [1.29, 1.82) is 0 Å². The van der Waals surface area contributed by atoms with Gasteiger partial charge in [0.25, 0.3) is 5.91 Å². The first kappa shape index (κ1) is 14.6. The van der Waals surface area contributed by atoms with Crippen molar-refractivity contribution in [2.45, 2.75) is 44.8 Å². The first-order valence-corrected chi connectivity index (χ1v) is 8.65. The lowest BCUT2D eigenvalue weighted by Gasteiger charge is -2.24. The highest BCUT2D eigenvalue weighted by atomic mass is 16.5. The molecular formula is C20H23NO2. The smallest absolute Gasteiger partial charge is 0.261 e. The lowest BCUT2D eigenvalue weighted by atomic mass is 9.95. The Morgan fingerprint density at radius 3 is 2.70 bits per heavy atom. The molecule has 0 unspecified atom stereocenters. The van der Waals surface area contributed by atoms with Gasteiger partial charge in [0.15, 0.2) is 6.10 Å². The molecule has 4 rings (SSSR count). The Hall–Kier alpha value is -2.03. The average Bonchev–Trinajstić information content (AvgIpc) is 3.17. The second-order valence-corrected chi connectivity index (χ2v) is 7.06. The minimum atomic E-state index is -0.463. The van der Waals surface area contributed by atoms with E-state index in [2.05, 4.69) is 17.4 Å². The van der Waals surface area contributed by atoms with Crippen molar-refractivity contribution in [3.8, 4) is 5.75 Å². The number of nitrogens with one attached hydrogen (secondary N) is 1. The summed E-state index contributed by atoms with van der Waals surface area (Å²) in [6.45, 7) is 1.83. The molecule has 2 bridgehead atoms. The zero-order valence-electron chi connectivity index (χ0n) is 13.5. The van der Waals surface area contributed by atoms with Crippen LogP contribution in [-0.4, -0.2) is 18.1 Å². The fraction of sp³-hybridized carbons (Fsp3) is 0.450. The maximum atomic E-state index is 12.4. The summed E-state index contributed by atoms with van der Waals surface area (Å²) in [6.07, 6.45) is 4.61. The second-order valence-electron chi connectivity index (χ2n) is 7.06. The summed E-state index contributed by atoms with van der Waals surface area (Å²) in [5, 5.41) is 5.51. The van der Waals surface area contributed by atoms with Crippen LogP contribution in [0.1, 0.15) is 32.6 Å². The average molecular weight is 309 g/mol. The van der Waals surface area contributed by atoms with Crippen LogP contribution < -0.4 is 10.1 Å². The highest BCUT2D eigenvalue weighted by Gasteiger charge is 2.40. The van der Waals surface area contributed by atoms with Crippen molar-refractivity contribution in [2.75, 3.05) is 0 Å². The first-order chi connectivity index (χ1) is 11.2. The number of hydrogen-bond donors (Lipinski definition) is 1. The molecule has 0 aromatic heterocycles. The number of carbonyl (C=O) groups excluding carboxylic acids is 1. The van der Waals surface area contributed by atoms with Gasteiger partial charge < -0.3 is 10.1 Å². The van der Waals surface area contributed by atoms with Crippen molar-refractivity contribution >= 4 is 16.7 Å². The van der Waals surface area contributed by atoms with Gasteiger partial charge in [0.05, 0.1) is 0 Å². The summed E-state index contributed by atoms with van der Waals surface area (Å²) < 4.78 is 5.86. The minimum Gasteiger partial charge on any atom is -0.481 e. The molecule has 2 aliphatic carbocycles. The summed E-state index contributed by atoms with van der Waals surface area (Å²) in [6, 6.07) is 14.5. The predicted octanol–water partition coefficient (Wildman–Crippen LogP) is 3.91. The molecule has 0 heterocycles. The van der Waals surface area contributed by atoms with Crippen LogP contribution >= 0.6 is 0 Å². The van der Waals surface area contributed by atoms with E-state index in [0.29, 0.717) is 12.0 Å². The maximum absolute atomic E-state index is 12.4. The Balaban J connectivity index is 1.39. The molecule has 23 heavy (non-hydrogen) atoms. The normalized spacial score (nSPS) is 27.1. The third-order valence-corrected chi connectivity index (χ3v) is 5.47. The molecule has 3 heteroatoms. The summed E-state index contributed by atoms with van der Waals surface area (Å²) in [7, 11) is 0. The van der Waals surface area contributed by atoms with E-state index in [9.17, 15) is 4.79 Å². The number of fused-ring (bicyclic) bond motifs is 3. The Kier molecular flexibility index (Phi) is 3.72. The third kappa shape index (κ3) is 2.92. The molecule has 4 atom stereocenters. The molecule has 1 amide bonds. The van der Waals surface area contributed by atoms with Crippen LogP contribution in [0.2, 0.25) is 0 Å². The zero-order chi connectivity index (χ0) is 15.8. The Morgan fingerprint density at radius 2 is 1.96 bits per heavy atom. The molecule has 2 aromatic rings. The van der Waals surface area contributed by atoms with E-state index in [1.165, 1.54) is 24.6 Å². The lowest BCUT2D eigenvalue weighted by Crippen LogP contribution is -2.44. The molecule has 0 radical (unpaired) electrons. The second kappa shape index (κ2) is 5.88. The summed E-state index contributed by atoms with van der Waals surface area (Å²) in [4.78, 5) is 12.4. The van der Waals surface area contributed by atoms with E-state index < -0.39 is 6.10 Å². The number of ether oxygens (including phenoxy) is 1. The van der Waals surface area contributed by atoms with Crippen molar-refractivity contribution in [1.82, 2.24) is 5.32 Å². The standard InChI is InChI=1S/C20H23NO2/c1-13(20(22)21-19-11-14-6-7-17(19)10-14)23-18-9-8-15-4-2-3-5-16(15)12-18/h2-5,8-9,12-14,17,19H,6-7,10-11H2,1H3,(H,21,22)/t13-,14+,17+,19-/m1/s1. The Labute approximate surface area is 137 Å². The Bertz CT molecular complexity index is 726. The molecule has 0 saturated heterocycles. The van der Waals surface area contributed by atoms with Crippen molar-refractivity contribution in [3.05, 3.63) is 42.5 Å². The third-order valence-electron chi connectivity index (χ3n) is 5.47. The molecule has 2 fully saturated rings. The predicted molar refractivity (Wildman–Crippen MR) is 91.4 cm³/mol. The van der Waals surface area contributed by atoms with Gasteiger partial charge in [-0.1, -0.05) is 36.8 Å².